The number of anilines is 2. The van der Waals surface area contributed by atoms with Crippen LogP contribution in [0.3, 0.4) is 0 Å². The first-order valence-electron chi connectivity index (χ1n) is 7.05. The van der Waals surface area contributed by atoms with E-state index in [-0.39, 0.29) is 12.7 Å². The van der Waals surface area contributed by atoms with Crippen molar-refractivity contribution in [3.63, 3.8) is 0 Å². The van der Waals surface area contributed by atoms with Crippen LogP contribution in [0.1, 0.15) is 24.2 Å². The Bertz CT molecular complexity index is 684. The number of benzene rings is 1. The highest BCUT2D eigenvalue weighted by atomic mass is 16.7. The molecular formula is C16H17N3O3. The molecule has 6 nitrogen and oxygen atoms in total. The van der Waals surface area contributed by atoms with Crippen molar-refractivity contribution in [2.45, 2.75) is 19.9 Å². The van der Waals surface area contributed by atoms with E-state index in [0.717, 1.165) is 5.69 Å². The van der Waals surface area contributed by atoms with Crippen molar-refractivity contribution < 1.29 is 14.3 Å². The van der Waals surface area contributed by atoms with Gasteiger partial charge in [-0.15, -0.1) is 0 Å². The summed E-state index contributed by atoms with van der Waals surface area (Å²) in [4.78, 5) is 16.4. The second-order valence-electron chi connectivity index (χ2n) is 5.25. The zero-order valence-electron chi connectivity index (χ0n) is 12.4. The smallest absolute Gasteiger partial charge is 0.256 e. The van der Waals surface area contributed by atoms with Crippen LogP contribution in [0, 0.1) is 0 Å². The Morgan fingerprint density at radius 3 is 2.73 bits per heavy atom. The second-order valence-corrected chi connectivity index (χ2v) is 5.25. The SMILES string of the molecule is CC(C)Nc1ccc(NC(=O)c2ccc3c(c2)OCO3)nc1. The lowest BCUT2D eigenvalue weighted by atomic mass is 10.2. The van der Waals surface area contributed by atoms with Crippen LogP contribution in [0.25, 0.3) is 0 Å². The fourth-order valence-corrected chi connectivity index (χ4v) is 2.11. The molecule has 22 heavy (non-hydrogen) atoms. The molecule has 2 heterocycles. The molecule has 0 spiro atoms. The van der Waals surface area contributed by atoms with Gasteiger partial charge in [-0.1, -0.05) is 0 Å². The van der Waals surface area contributed by atoms with Crippen LogP contribution in [0.2, 0.25) is 0 Å². The van der Waals surface area contributed by atoms with Gasteiger partial charge in [-0.05, 0) is 44.2 Å². The van der Waals surface area contributed by atoms with E-state index in [1.165, 1.54) is 0 Å². The lowest BCUT2D eigenvalue weighted by Gasteiger charge is -2.10. The number of ether oxygens (including phenoxy) is 2. The van der Waals surface area contributed by atoms with Gasteiger partial charge < -0.3 is 20.1 Å². The number of nitrogens with zero attached hydrogens (tertiary/aromatic N) is 1. The Labute approximate surface area is 128 Å². The topological polar surface area (TPSA) is 72.5 Å². The van der Waals surface area contributed by atoms with E-state index in [1.807, 2.05) is 6.07 Å². The van der Waals surface area contributed by atoms with Gasteiger partial charge in [-0.3, -0.25) is 4.79 Å². The lowest BCUT2D eigenvalue weighted by molar-refractivity contribution is 0.102. The highest BCUT2D eigenvalue weighted by Crippen LogP contribution is 2.32. The summed E-state index contributed by atoms with van der Waals surface area (Å²) in [5.74, 6) is 1.49. The van der Waals surface area contributed by atoms with Crippen LogP contribution < -0.4 is 20.1 Å². The minimum absolute atomic E-state index is 0.187. The summed E-state index contributed by atoms with van der Waals surface area (Å²) in [5.41, 5.74) is 1.41. The maximum Gasteiger partial charge on any atom is 0.256 e. The zero-order chi connectivity index (χ0) is 15.5. The van der Waals surface area contributed by atoms with E-state index in [2.05, 4.69) is 29.5 Å². The Balaban J connectivity index is 1.68. The zero-order valence-corrected chi connectivity index (χ0v) is 12.4. The van der Waals surface area contributed by atoms with Gasteiger partial charge in [-0.2, -0.15) is 0 Å². The van der Waals surface area contributed by atoms with E-state index in [4.69, 9.17) is 9.47 Å². The summed E-state index contributed by atoms with van der Waals surface area (Å²) >= 11 is 0. The molecule has 2 N–H and O–H groups in total. The highest BCUT2D eigenvalue weighted by molar-refractivity contribution is 6.04. The molecule has 0 bridgehead atoms. The Kier molecular flexibility index (Phi) is 3.82. The predicted molar refractivity (Wildman–Crippen MR) is 83.5 cm³/mol. The van der Waals surface area contributed by atoms with Gasteiger partial charge in [0.2, 0.25) is 6.79 Å². The first-order chi connectivity index (χ1) is 10.6. The number of aromatic nitrogens is 1. The molecule has 114 valence electrons. The molecule has 1 aromatic carbocycles. The maximum absolute atomic E-state index is 12.2. The van der Waals surface area contributed by atoms with Gasteiger partial charge in [0, 0.05) is 11.6 Å². The summed E-state index contributed by atoms with van der Waals surface area (Å²) in [6.45, 7) is 4.29. The molecule has 0 unspecified atom stereocenters. The lowest BCUT2D eigenvalue weighted by Crippen LogP contribution is -2.13. The van der Waals surface area contributed by atoms with E-state index in [1.54, 1.807) is 30.5 Å². The van der Waals surface area contributed by atoms with Crippen molar-refractivity contribution in [2.75, 3.05) is 17.4 Å². The number of rotatable bonds is 4. The fourth-order valence-electron chi connectivity index (χ4n) is 2.11. The molecule has 1 aliphatic rings. The quantitative estimate of drug-likeness (QED) is 0.908. The van der Waals surface area contributed by atoms with Gasteiger partial charge in [0.1, 0.15) is 5.82 Å². The third-order valence-corrected chi connectivity index (χ3v) is 3.10. The number of hydrogen-bond donors (Lipinski definition) is 2. The third kappa shape index (κ3) is 3.11. The summed E-state index contributed by atoms with van der Waals surface area (Å²) in [6, 6.07) is 9.04. The monoisotopic (exact) mass is 299 g/mol. The molecule has 0 aliphatic carbocycles. The molecule has 1 aromatic heterocycles. The van der Waals surface area contributed by atoms with E-state index < -0.39 is 0 Å². The molecular weight excluding hydrogens is 282 g/mol. The van der Waals surface area contributed by atoms with Crippen LogP contribution in [0.15, 0.2) is 36.5 Å². The number of nitrogens with one attached hydrogen (secondary N) is 2. The van der Waals surface area contributed by atoms with Gasteiger partial charge in [0.25, 0.3) is 5.91 Å². The van der Waals surface area contributed by atoms with Crippen molar-refractivity contribution in [2.24, 2.45) is 0 Å². The summed E-state index contributed by atoms with van der Waals surface area (Å²) in [7, 11) is 0. The summed E-state index contributed by atoms with van der Waals surface area (Å²) in [6.07, 6.45) is 1.69. The van der Waals surface area contributed by atoms with Crippen LogP contribution >= 0.6 is 0 Å². The second kappa shape index (κ2) is 5.93. The first-order valence-corrected chi connectivity index (χ1v) is 7.05. The van der Waals surface area contributed by atoms with Gasteiger partial charge in [0.05, 0.1) is 11.9 Å². The molecule has 1 amide bonds. The van der Waals surface area contributed by atoms with Crippen molar-refractivity contribution in [3.05, 3.63) is 42.1 Å². The van der Waals surface area contributed by atoms with Crippen LogP contribution in [0.5, 0.6) is 11.5 Å². The number of hydrogen-bond acceptors (Lipinski definition) is 5. The average Bonchev–Trinajstić information content (AvgIpc) is 2.96. The summed E-state index contributed by atoms with van der Waals surface area (Å²) in [5, 5.41) is 6.00. The van der Waals surface area contributed by atoms with Crippen LogP contribution in [0.4, 0.5) is 11.5 Å². The molecule has 3 rings (SSSR count). The number of amides is 1. The van der Waals surface area contributed by atoms with Gasteiger partial charge in [-0.25, -0.2) is 4.98 Å². The minimum atomic E-state index is -0.240. The van der Waals surface area contributed by atoms with Crippen molar-refractivity contribution in [1.82, 2.24) is 4.98 Å². The van der Waals surface area contributed by atoms with E-state index in [9.17, 15) is 4.79 Å². The highest BCUT2D eigenvalue weighted by Gasteiger charge is 2.16. The van der Waals surface area contributed by atoms with E-state index >= 15 is 0 Å². The summed E-state index contributed by atoms with van der Waals surface area (Å²) < 4.78 is 10.5. The first kappa shape index (κ1) is 14.2. The molecule has 0 fully saturated rings. The van der Waals surface area contributed by atoms with Gasteiger partial charge >= 0.3 is 0 Å². The van der Waals surface area contributed by atoms with Crippen LogP contribution in [-0.2, 0) is 0 Å². The van der Waals surface area contributed by atoms with Gasteiger partial charge in [0.15, 0.2) is 11.5 Å². The fraction of sp³-hybridized carbons (Fsp3) is 0.250. The Hall–Kier alpha value is -2.76. The molecule has 0 radical (unpaired) electrons. The van der Waals surface area contributed by atoms with Crippen molar-refractivity contribution in [3.8, 4) is 11.5 Å². The third-order valence-electron chi connectivity index (χ3n) is 3.10. The number of pyridine rings is 1. The molecule has 0 saturated heterocycles. The average molecular weight is 299 g/mol. The number of fused-ring (bicyclic) bond motifs is 1. The Morgan fingerprint density at radius 2 is 2.00 bits per heavy atom. The Morgan fingerprint density at radius 1 is 1.18 bits per heavy atom. The molecule has 6 heteroatoms. The largest absolute Gasteiger partial charge is 0.454 e. The van der Waals surface area contributed by atoms with Crippen molar-refractivity contribution in [1.29, 1.82) is 0 Å². The molecule has 2 aromatic rings. The van der Waals surface area contributed by atoms with Crippen LogP contribution in [-0.4, -0.2) is 23.7 Å². The standard InChI is InChI=1S/C16H17N3O3/c1-10(2)18-12-4-6-15(17-8-12)19-16(20)11-3-5-13-14(7-11)22-9-21-13/h3-8,10,18H,9H2,1-2H3,(H,17,19,20). The van der Waals surface area contributed by atoms with E-state index in [0.29, 0.717) is 28.9 Å². The molecule has 0 saturated carbocycles. The number of carbonyl (C=O) groups is 1. The maximum atomic E-state index is 12.2. The minimum Gasteiger partial charge on any atom is -0.454 e. The molecule has 1 aliphatic heterocycles. The number of carbonyl (C=O) groups excluding carboxylic acids is 1. The van der Waals surface area contributed by atoms with Crippen molar-refractivity contribution >= 4 is 17.4 Å². The predicted octanol–water partition coefficient (Wildman–Crippen LogP) is 2.88. The molecule has 0 atom stereocenters. The normalized spacial score (nSPS) is 12.3.